The molecule has 25 heavy (non-hydrogen) atoms. The molecular weight excluding hydrogens is 380 g/mol. The van der Waals surface area contributed by atoms with Crippen molar-refractivity contribution in [2.75, 3.05) is 11.9 Å². The lowest BCUT2D eigenvalue weighted by Crippen LogP contribution is -2.51. The van der Waals surface area contributed by atoms with Crippen LogP contribution < -0.4 is 10.6 Å². The highest BCUT2D eigenvalue weighted by molar-refractivity contribution is 9.10. The molecule has 0 spiro atoms. The Kier molecular flexibility index (Phi) is 4.61. The van der Waals surface area contributed by atoms with Gasteiger partial charge >= 0.3 is 0 Å². The molecule has 4 aliphatic rings. The quantitative estimate of drug-likeness (QED) is 0.799. The van der Waals surface area contributed by atoms with Gasteiger partial charge in [-0.2, -0.15) is 0 Å². The largest absolute Gasteiger partial charge is 0.347 e. The fourth-order valence-corrected chi connectivity index (χ4v) is 6.08. The highest BCUT2D eigenvalue weighted by Crippen LogP contribution is 2.56. The number of hydrogen-bond donors (Lipinski definition) is 2. The number of amides is 2. The van der Waals surface area contributed by atoms with E-state index in [2.05, 4.69) is 26.6 Å². The second-order valence-electron chi connectivity index (χ2n) is 8.18. The molecule has 134 valence electrons. The molecule has 4 nitrogen and oxygen atoms in total. The van der Waals surface area contributed by atoms with E-state index < -0.39 is 0 Å². The normalized spacial score (nSPS) is 32.5. The van der Waals surface area contributed by atoms with Crippen molar-refractivity contribution >= 4 is 33.4 Å². The van der Waals surface area contributed by atoms with Gasteiger partial charge in [-0.3, -0.25) is 9.59 Å². The third kappa shape index (κ3) is 3.48. The summed E-state index contributed by atoms with van der Waals surface area (Å²) in [5.74, 6) is 2.88. The number of hydrogen-bond acceptors (Lipinski definition) is 2. The zero-order valence-electron chi connectivity index (χ0n) is 14.6. The van der Waals surface area contributed by atoms with Crippen LogP contribution in [0.5, 0.6) is 0 Å². The number of benzene rings is 1. The molecular formula is C20H25BrN2O2. The summed E-state index contributed by atoms with van der Waals surface area (Å²) >= 11 is 3.42. The van der Waals surface area contributed by atoms with Gasteiger partial charge < -0.3 is 10.6 Å². The number of halogens is 1. The Labute approximate surface area is 157 Å². The first-order valence-corrected chi connectivity index (χ1v) is 10.1. The van der Waals surface area contributed by atoms with Crippen molar-refractivity contribution in [2.24, 2.45) is 29.6 Å². The van der Waals surface area contributed by atoms with Crippen LogP contribution in [-0.4, -0.2) is 18.4 Å². The Morgan fingerprint density at radius 1 is 1.08 bits per heavy atom. The maximum atomic E-state index is 12.7. The van der Waals surface area contributed by atoms with Gasteiger partial charge in [0.25, 0.3) is 0 Å². The molecule has 0 radical (unpaired) electrons. The first-order valence-electron chi connectivity index (χ1n) is 9.33. The Hall–Kier alpha value is -1.36. The number of aryl methyl sites for hydroxylation is 1. The van der Waals surface area contributed by atoms with E-state index in [1.54, 1.807) is 0 Å². The SMILES string of the molecule is Cc1cc(Br)ccc1NC(=O)CNC(=O)C1C2CC3CC(C2)CC1C3. The minimum absolute atomic E-state index is 0.0527. The molecule has 1 aromatic rings. The molecule has 4 bridgehead atoms. The summed E-state index contributed by atoms with van der Waals surface area (Å²) in [6.45, 7) is 2.00. The minimum Gasteiger partial charge on any atom is -0.347 e. The standard InChI is InChI=1S/C20H25BrN2O2/c1-11-4-16(21)2-3-17(11)23-18(24)10-22-20(25)19-14-6-12-5-13(8-14)9-15(19)7-12/h2-4,12-15,19H,5-10H2,1H3,(H,22,25)(H,23,24). The van der Waals surface area contributed by atoms with Crippen molar-refractivity contribution in [3.8, 4) is 0 Å². The lowest BCUT2D eigenvalue weighted by Gasteiger charge is -2.53. The van der Waals surface area contributed by atoms with Gasteiger partial charge in [0.05, 0.1) is 6.54 Å². The van der Waals surface area contributed by atoms with Crippen molar-refractivity contribution in [2.45, 2.75) is 39.0 Å². The van der Waals surface area contributed by atoms with Gasteiger partial charge in [0.15, 0.2) is 0 Å². The van der Waals surface area contributed by atoms with Crippen LogP contribution in [0.3, 0.4) is 0 Å². The van der Waals surface area contributed by atoms with Crippen LogP contribution in [0.2, 0.25) is 0 Å². The third-order valence-electron chi connectivity index (χ3n) is 6.42. The number of carbonyl (C=O) groups excluding carboxylic acids is 2. The molecule has 1 aromatic carbocycles. The topological polar surface area (TPSA) is 58.2 Å². The van der Waals surface area contributed by atoms with Crippen LogP contribution in [0.15, 0.2) is 22.7 Å². The maximum absolute atomic E-state index is 12.7. The highest BCUT2D eigenvalue weighted by Gasteiger charge is 2.50. The zero-order chi connectivity index (χ0) is 17.6. The van der Waals surface area contributed by atoms with E-state index in [4.69, 9.17) is 0 Å². The predicted octanol–water partition coefficient (Wildman–Crippen LogP) is 3.88. The van der Waals surface area contributed by atoms with Gasteiger partial charge in [-0.1, -0.05) is 15.9 Å². The summed E-state index contributed by atoms with van der Waals surface area (Å²) in [5.41, 5.74) is 1.78. The molecule has 0 aliphatic heterocycles. The van der Waals surface area contributed by atoms with E-state index >= 15 is 0 Å². The molecule has 2 N–H and O–H groups in total. The van der Waals surface area contributed by atoms with Crippen LogP contribution in [0.25, 0.3) is 0 Å². The Bertz CT molecular complexity index is 675. The van der Waals surface area contributed by atoms with Crippen molar-refractivity contribution < 1.29 is 9.59 Å². The number of rotatable bonds is 4. The molecule has 0 unspecified atom stereocenters. The highest BCUT2D eigenvalue weighted by atomic mass is 79.9. The minimum atomic E-state index is -0.164. The van der Waals surface area contributed by atoms with Gasteiger partial charge in [0.1, 0.15) is 0 Å². The molecule has 5 rings (SSSR count). The molecule has 0 heterocycles. The number of nitrogens with one attached hydrogen (secondary N) is 2. The van der Waals surface area contributed by atoms with Crippen molar-refractivity contribution in [1.82, 2.24) is 5.32 Å². The van der Waals surface area contributed by atoms with Crippen molar-refractivity contribution in [1.29, 1.82) is 0 Å². The Balaban J connectivity index is 1.32. The van der Waals surface area contributed by atoms with Gasteiger partial charge in [-0.25, -0.2) is 0 Å². The molecule has 4 saturated carbocycles. The summed E-state index contributed by atoms with van der Waals surface area (Å²) in [4.78, 5) is 24.9. The van der Waals surface area contributed by atoms with Crippen LogP contribution >= 0.6 is 15.9 Å². The first-order chi connectivity index (χ1) is 12.0. The lowest BCUT2D eigenvalue weighted by molar-refractivity contribution is -0.139. The van der Waals surface area contributed by atoms with E-state index in [1.165, 1.54) is 32.1 Å². The van der Waals surface area contributed by atoms with Crippen LogP contribution in [0.4, 0.5) is 5.69 Å². The molecule has 4 fully saturated rings. The molecule has 0 aromatic heterocycles. The molecule has 4 aliphatic carbocycles. The molecule has 0 atom stereocenters. The van der Waals surface area contributed by atoms with E-state index in [-0.39, 0.29) is 24.3 Å². The van der Waals surface area contributed by atoms with Crippen LogP contribution in [-0.2, 0) is 9.59 Å². The monoisotopic (exact) mass is 404 g/mol. The Morgan fingerprint density at radius 3 is 2.32 bits per heavy atom. The predicted molar refractivity (Wildman–Crippen MR) is 101 cm³/mol. The first kappa shape index (κ1) is 17.1. The molecule has 2 amide bonds. The fourth-order valence-electron chi connectivity index (χ4n) is 5.60. The van der Waals surface area contributed by atoms with Gasteiger partial charge in [-0.05, 0) is 86.5 Å². The van der Waals surface area contributed by atoms with Crippen LogP contribution in [0.1, 0.15) is 37.7 Å². The Morgan fingerprint density at radius 2 is 1.72 bits per heavy atom. The van der Waals surface area contributed by atoms with Crippen LogP contribution in [0, 0.1) is 36.5 Å². The average molecular weight is 405 g/mol. The summed E-state index contributed by atoms with van der Waals surface area (Å²) in [6, 6.07) is 5.73. The lowest BCUT2D eigenvalue weighted by atomic mass is 9.51. The molecule has 5 heteroatoms. The number of carbonyl (C=O) groups is 2. The number of anilines is 1. The van der Waals surface area contributed by atoms with Gasteiger partial charge in [0.2, 0.25) is 11.8 Å². The van der Waals surface area contributed by atoms with Gasteiger partial charge in [0, 0.05) is 16.1 Å². The van der Waals surface area contributed by atoms with E-state index in [1.807, 2.05) is 25.1 Å². The average Bonchev–Trinajstić information content (AvgIpc) is 2.54. The second-order valence-corrected chi connectivity index (χ2v) is 9.10. The zero-order valence-corrected chi connectivity index (χ0v) is 16.1. The summed E-state index contributed by atoms with van der Waals surface area (Å²) < 4.78 is 0.984. The van der Waals surface area contributed by atoms with E-state index in [9.17, 15) is 9.59 Å². The van der Waals surface area contributed by atoms with Crippen molar-refractivity contribution in [3.05, 3.63) is 28.2 Å². The summed E-state index contributed by atoms with van der Waals surface area (Å²) in [7, 11) is 0. The van der Waals surface area contributed by atoms with Gasteiger partial charge in [-0.15, -0.1) is 0 Å². The van der Waals surface area contributed by atoms with E-state index in [0.717, 1.165) is 27.6 Å². The van der Waals surface area contributed by atoms with E-state index in [0.29, 0.717) is 11.8 Å². The summed E-state index contributed by atoms with van der Waals surface area (Å²) in [5, 5.41) is 5.79. The summed E-state index contributed by atoms with van der Waals surface area (Å²) in [6.07, 6.45) is 6.26. The smallest absolute Gasteiger partial charge is 0.243 e. The van der Waals surface area contributed by atoms with Crippen molar-refractivity contribution in [3.63, 3.8) is 0 Å². The second kappa shape index (κ2) is 6.75. The maximum Gasteiger partial charge on any atom is 0.243 e. The molecule has 0 saturated heterocycles. The third-order valence-corrected chi connectivity index (χ3v) is 6.91. The fraction of sp³-hybridized carbons (Fsp3) is 0.600.